The zero-order valence-electron chi connectivity index (χ0n) is 12.6. The Morgan fingerprint density at radius 1 is 1.29 bits per heavy atom. The molecule has 0 fully saturated rings. The lowest BCUT2D eigenvalue weighted by Gasteiger charge is -2.24. The number of nitrogens with zero attached hydrogens (tertiary/aromatic N) is 4. The van der Waals surface area contributed by atoms with Gasteiger partial charge in [-0.2, -0.15) is 10.4 Å². The molecular weight excluding hydrogens is 262 g/mol. The van der Waals surface area contributed by atoms with Gasteiger partial charge in [-0.3, -0.25) is 0 Å². The molecule has 5 nitrogen and oxygen atoms in total. The Morgan fingerprint density at radius 3 is 2.67 bits per heavy atom. The lowest BCUT2D eigenvalue weighted by Crippen LogP contribution is -2.22. The van der Waals surface area contributed by atoms with E-state index in [-0.39, 0.29) is 5.41 Å². The summed E-state index contributed by atoms with van der Waals surface area (Å²) < 4.78 is 1.80. The van der Waals surface area contributed by atoms with Crippen molar-refractivity contribution in [2.45, 2.75) is 33.2 Å². The van der Waals surface area contributed by atoms with Crippen LogP contribution in [0.3, 0.4) is 0 Å². The van der Waals surface area contributed by atoms with Gasteiger partial charge in [0.1, 0.15) is 12.7 Å². The third kappa shape index (κ3) is 4.92. The normalized spacial score (nSPS) is 11.1. The first-order valence-corrected chi connectivity index (χ1v) is 7.11. The largest absolute Gasteiger partial charge is 0.385 e. The monoisotopic (exact) mass is 283 g/mol. The highest BCUT2D eigenvalue weighted by atomic mass is 15.3. The van der Waals surface area contributed by atoms with Gasteiger partial charge in [0, 0.05) is 18.7 Å². The summed E-state index contributed by atoms with van der Waals surface area (Å²) >= 11 is 0. The van der Waals surface area contributed by atoms with Crippen LogP contribution in [-0.2, 0) is 6.54 Å². The second-order valence-corrected chi connectivity index (χ2v) is 5.97. The van der Waals surface area contributed by atoms with Gasteiger partial charge in [0.05, 0.1) is 12.6 Å². The second kappa shape index (κ2) is 6.89. The molecule has 0 aliphatic rings. The first-order valence-electron chi connectivity index (χ1n) is 7.11. The Bertz CT molecular complexity index is 578. The topological polar surface area (TPSA) is 66.5 Å². The summed E-state index contributed by atoms with van der Waals surface area (Å²) in [6.07, 6.45) is 4.76. The summed E-state index contributed by atoms with van der Waals surface area (Å²) in [5.74, 6) is 0. The summed E-state index contributed by atoms with van der Waals surface area (Å²) in [6, 6.07) is 10.5. The first-order chi connectivity index (χ1) is 10.1. The predicted octanol–water partition coefficient (Wildman–Crippen LogP) is 3.07. The van der Waals surface area contributed by atoms with E-state index in [0.29, 0.717) is 6.42 Å². The maximum atomic E-state index is 8.67. The van der Waals surface area contributed by atoms with Crippen LogP contribution < -0.4 is 5.32 Å². The summed E-state index contributed by atoms with van der Waals surface area (Å²) in [5, 5.41) is 16.2. The molecule has 0 saturated heterocycles. The van der Waals surface area contributed by atoms with Crippen molar-refractivity contribution >= 4 is 5.69 Å². The van der Waals surface area contributed by atoms with Crippen molar-refractivity contribution in [1.29, 1.82) is 5.26 Å². The number of rotatable bonds is 7. The molecule has 0 radical (unpaired) electrons. The van der Waals surface area contributed by atoms with E-state index in [1.54, 1.807) is 17.3 Å². The van der Waals surface area contributed by atoms with Gasteiger partial charge in [-0.05, 0) is 29.5 Å². The van der Waals surface area contributed by atoms with Gasteiger partial charge in [-0.1, -0.05) is 26.0 Å². The quantitative estimate of drug-likeness (QED) is 0.848. The molecule has 110 valence electrons. The summed E-state index contributed by atoms with van der Waals surface area (Å²) in [7, 11) is 0. The number of benzene rings is 1. The van der Waals surface area contributed by atoms with E-state index >= 15 is 0 Å². The molecule has 2 rings (SSSR count). The van der Waals surface area contributed by atoms with Crippen molar-refractivity contribution in [3.63, 3.8) is 0 Å². The van der Waals surface area contributed by atoms with Crippen LogP contribution >= 0.6 is 0 Å². The third-order valence-corrected chi connectivity index (χ3v) is 3.45. The highest BCUT2D eigenvalue weighted by Crippen LogP contribution is 2.23. The van der Waals surface area contributed by atoms with E-state index in [0.717, 1.165) is 25.2 Å². The van der Waals surface area contributed by atoms with Gasteiger partial charge in [-0.15, -0.1) is 0 Å². The first kappa shape index (κ1) is 15.0. The molecule has 1 heterocycles. The summed E-state index contributed by atoms with van der Waals surface area (Å²) in [5.41, 5.74) is 2.41. The molecule has 0 atom stereocenters. The SMILES string of the molecule is CC(C)(CCC#N)CNc1ccc(Cn2cncn2)cc1. The fourth-order valence-electron chi connectivity index (χ4n) is 2.05. The average molecular weight is 283 g/mol. The molecule has 1 aromatic carbocycles. The molecule has 0 bridgehead atoms. The van der Waals surface area contributed by atoms with Crippen LogP contribution in [0.15, 0.2) is 36.9 Å². The molecular formula is C16H21N5. The van der Waals surface area contributed by atoms with Gasteiger partial charge in [0.2, 0.25) is 0 Å². The molecule has 2 aromatic rings. The van der Waals surface area contributed by atoms with Gasteiger partial charge in [0.25, 0.3) is 0 Å². The van der Waals surface area contributed by atoms with Crippen molar-refractivity contribution in [2.24, 2.45) is 5.41 Å². The van der Waals surface area contributed by atoms with E-state index in [1.165, 1.54) is 5.56 Å². The van der Waals surface area contributed by atoms with Crippen molar-refractivity contribution in [3.8, 4) is 6.07 Å². The van der Waals surface area contributed by atoms with Gasteiger partial charge in [-0.25, -0.2) is 9.67 Å². The fourth-order valence-corrected chi connectivity index (χ4v) is 2.05. The number of aromatic nitrogens is 3. The molecule has 5 heteroatoms. The van der Waals surface area contributed by atoms with E-state index in [1.807, 2.05) is 0 Å². The number of nitriles is 1. The maximum absolute atomic E-state index is 8.67. The van der Waals surface area contributed by atoms with Crippen LogP contribution in [0, 0.1) is 16.7 Å². The van der Waals surface area contributed by atoms with Crippen LogP contribution in [0.1, 0.15) is 32.3 Å². The van der Waals surface area contributed by atoms with E-state index in [4.69, 9.17) is 5.26 Å². The lowest BCUT2D eigenvalue weighted by atomic mass is 9.88. The van der Waals surface area contributed by atoms with E-state index < -0.39 is 0 Å². The number of hydrogen-bond donors (Lipinski definition) is 1. The van der Waals surface area contributed by atoms with Crippen LogP contribution in [0.4, 0.5) is 5.69 Å². The zero-order chi connectivity index (χ0) is 15.1. The fraction of sp³-hybridized carbons (Fsp3) is 0.438. The molecule has 1 N–H and O–H groups in total. The number of anilines is 1. The maximum Gasteiger partial charge on any atom is 0.137 e. The van der Waals surface area contributed by atoms with Crippen molar-refractivity contribution in [1.82, 2.24) is 14.8 Å². The standard InChI is InChI=1S/C16H21N5/c1-16(2,8-3-9-17)11-19-15-6-4-14(5-7-15)10-21-13-18-12-20-21/h4-7,12-13,19H,3,8,10-11H2,1-2H3. The average Bonchev–Trinajstić information content (AvgIpc) is 2.98. The minimum atomic E-state index is 0.120. The Hall–Kier alpha value is -2.35. The Kier molecular flexibility index (Phi) is 4.94. The highest BCUT2D eigenvalue weighted by Gasteiger charge is 2.16. The van der Waals surface area contributed by atoms with E-state index in [9.17, 15) is 0 Å². The van der Waals surface area contributed by atoms with Crippen LogP contribution in [0.25, 0.3) is 0 Å². The Balaban J connectivity index is 1.86. The molecule has 1 aromatic heterocycles. The van der Waals surface area contributed by atoms with Crippen molar-refractivity contribution in [3.05, 3.63) is 42.5 Å². The smallest absolute Gasteiger partial charge is 0.137 e. The number of hydrogen-bond acceptors (Lipinski definition) is 4. The van der Waals surface area contributed by atoms with Gasteiger partial charge >= 0.3 is 0 Å². The highest BCUT2D eigenvalue weighted by molar-refractivity contribution is 5.44. The molecule has 0 aliphatic heterocycles. The van der Waals surface area contributed by atoms with Gasteiger partial charge < -0.3 is 5.32 Å². The van der Waals surface area contributed by atoms with Crippen molar-refractivity contribution in [2.75, 3.05) is 11.9 Å². The van der Waals surface area contributed by atoms with Gasteiger partial charge in [0.15, 0.2) is 0 Å². The predicted molar refractivity (Wildman–Crippen MR) is 82.7 cm³/mol. The molecule has 0 saturated carbocycles. The zero-order valence-corrected chi connectivity index (χ0v) is 12.6. The Labute approximate surface area is 125 Å². The Morgan fingerprint density at radius 2 is 2.05 bits per heavy atom. The summed E-state index contributed by atoms with van der Waals surface area (Å²) in [6.45, 7) is 5.94. The molecule has 0 spiro atoms. The second-order valence-electron chi connectivity index (χ2n) is 5.97. The summed E-state index contributed by atoms with van der Waals surface area (Å²) in [4.78, 5) is 3.93. The van der Waals surface area contributed by atoms with Crippen LogP contribution in [0.2, 0.25) is 0 Å². The molecule has 21 heavy (non-hydrogen) atoms. The lowest BCUT2D eigenvalue weighted by molar-refractivity contribution is 0.364. The van der Waals surface area contributed by atoms with Crippen LogP contribution in [0.5, 0.6) is 0 Å². The third-order valence-electron chi connectivity index (χ3n) is 3.45. The van der Waals surface area contributed by atoms with E-state index in [2.05, 4.69) is 59.6 Å². The molecule has 0 amide bonds. The molecule has 0 aliphatic carbocycles. The minimum absolute atomic E-state index is 0.120. The minimum Gasteiger partial charge on any atom is -0.385 e. The van der Waals surface area contributed by atoms with Crippen molar-refractivity contribution < 1.29 is 0 Å². The molecule has 0 unspecified atom stereocenters. The van der Waals surface area contributed by atoms with Crippen LogP contribution in [-0.4, -0.2) is 21.3 Å². The number of nitrogens with one attached hydrogen (secondary N) is 1.